The first-order chi connectivity index (χ1) is 13.1. The molecule has 3 aliphatic heterocycles. The second-order valence-corrected chi connectivity index (χ2v) is 7.98. The van der Waals surface area contributed by atoms with Crippen molar-refractivity contribution in [1.82, 2.24) is 4.90 Å². The third-order valence-electron chi connectivity index (χ3n) is 7.30. The molecular formula is C21H24N2O4. The quantitative estimate of drug-likeness (QED) is 0.492. The number of likely N-dealkylation sites (tertiary alicyclic amines) is 1. The minimum Gasteiger partial charge on any atom is -0.469 e. The van der Waals surface area contributed by atoms with E-state index < -0.39 is 11.1 Å². The molecule has 1 N–H and O–H groups in total. The lowest BCUT2D eigenvalue weighted by atomic mass is 9.51. The topological polar surface area (TPSA) is 67.9 Å². The van der Waals surface area contributed by atoms with Gasteiger partial charge in [-0.15, -0.1) is 0 Å². The fourth-order valence-electron chi connectivity index (χ4n) is 6.35. The van der Waals surface area contributed by atoms with Crippen LogP contribution in [0, 0.1) is 11.8 Å². The van der Waals surface area contributed by atoms with Crippen LogP contribution >= 0.6 is 0 Å². The van der Waals surface area contributed by atoms with Crippen molar-refractivity contribution in [3.8, 4) is 0 Å². The number of piperidine rings is 1. The first kappa shape index (κ1) is 16.8. The number of carbonyl (C=O) groups excluding carboxylic acids is 2. The van der Waals surface area contributed by atoms with Crippen LogP contribution in [0.15, 0.2) is 35.9 Å². The van der Waals surface area contributed by atoms with Crippen molar-refractivity contribution in [1.29, 1.82) is 0 Å². The Hall–Kier alpha value is -2.34. The first-order valence-electron chi connectivity index (χ1n) is 9.58. The van der Waals surface area contributed by atoms with Gasteiger partial charge in [-0.2, -0.15) is 0 Å². The summed E-state index contributed by atoms with van der Waals surface area (Å²) in [5, 5.41) is 3.61. The van der Waals surface area contributed by atoms with Gasteiger partial charge in [-0.05, 0) is 37.3 Å². The number of carbonyl (C=O) groups is 2. The molecule has 5 atom stereocenters. The Morgan fingerprint density at radius 1 is 1.41 bits per heavy atom. The fraction of sp³-hybridized carbons (Fsp3) is 0.524. The SMILES string of the molecule is C/C=C1/CN(C=O)C2CC1[C@@H](C(=O)OC)[C@@]13CCO[C@@]21Nc1ccccc13. The summed E-state index contributed by atoms with van der Waals surface area (Å²) in [5.74, 6) is -0.477. The van der Waals surface area contributed by atoms with Crippen LogP contribution in [0.1, 0.15) is 25.3 Å². The van der Waals surface area contributed by atoms with E-state index in [0.717, 1.165) is 29.7 Å². The van der Waals surface area contributed by atoms with Gasteiger partial charge in [0.25, 0.3) is 0 Å². The van der Waals surface area contributed by atoms with Gasteiger partial charge in [-0.25, -0.2) is 0 Å². The van der Waals surface area contributed by atoms with Crippen LogP contribution < -0.4 is 5.32 Å². The van der Waals surface area contributed by atoms with E-state index in [2.05, 4.69) is 17.5 Å². The number of hydrogen-bond acceptors (Lipinski definition) is 5. The van der Waals surface area contributed by atoms with Crippen molar-refractivity contribution in [3.63, 3.8) is 0 Å². The van der Waals surface area contributed by atoms with Crippen LogP contribution in [0.2, 0.25) is 0 Å². The Morgan fingerprint density at radius 3 is 2.96 bits per heavy atom. The third kappa shape index (κ3) is 1.79. The molecule has 2 saturated heterocycles. The maximum Gasteiger partial charge on any atom is 0.310 e. The number of amides is 1. The summed E-state index contributed by atoms with van der Waals surface area (Å²) in [6, 6.07) is 8.00. The number of rotatable bonds is 2. The summed E-state index contributed by atoms with van der Waals surface area (Å²) < 4.78 is 11.7. The summed E-state index contributed by atoms with van der Waals surface area (Å²) in [6.07, 6.45) is 4.41. The number of methoxy groups -OCH3 is 1. The number of para-hydroxylation sites is 1. The summed E-state index contributed by atoms with van der Waals surface area (Å²) in [5.41, 5.74) is 1.90. The molecule has 4 aliphatic rings. The first-order valence-corrected chi connectivity index (χ1v) is 9.58. The van der Waals surface area contributed by atoms with E-state index in [9.17, 15) is 9.59 Å². The molecular weight excluding hydrogens is 344 g/mol. The largest absolute Gasteiger partial charge is 0.469 e. The van der Waals surface area contributed by atoms with E-state index in [1.165, 1.54) is 7.11 Å². The Morgan fingerprint density at radius 2 is 2.22 bits per heavy atom. The molecule has 1 amide bonds. The van der Waals surface area contributed by atoms with Gasteiger partial charge in [0.15, 0.2) is 5.72 Å². The van der Waals surface area contributed by atoms with Gasteiger partial charge >= 0.3 is 5.97 Å². The maximum atomic E-state index is 13.2. The van der Waals surface area contributed by atoms with Crippen molar-refractivity contribution in [2.24, 2.45) is 11.8 Å². The molecule has 0 aromatic heterocycles. The molecule has 3 fully saturated rings. The summed E-state index contributed by atoms with van der Waals surface area (Å²) in [4.78, 5) is 27.0. The Bertz CT molecular complexity index is 852. The van der Waals surface area contributed by atoms with Crippen LogP contribution in [0.4, 0.5) is 5.69 Å². The van der Waals surface area contributed by atoms with E-state index in [-0.39, 0.29) is 23.8 Å². The van der Waals surface area contributed by atoms with Crippen molar-refractivity contribution in [2.45, 2.75) is 36.9 Å². The number of benzene rings is 1. The number of fused-ring (bicyclic) bond motifs is 3. The number of ether oxygens (including phenoxy) is 2. The maximum absolute atomic E-state index is 13.2. The predicted octanol–water partition coefficient (Wildman–Crippen LogP) is 2.06. The highest BCUT2D eigenvalue weighted by molar-refractivity contribution is 5.81. The molecule has 1 aliphatic carbocycles. The average molecular weight is 368 g/mol. The number of anilines is 1. The minimum atomic E-state index is -0.785. The average Bonchev–Trinajstić information content (AvgIpc) is 3.21. The zero-order chi connectivity index (χ0) is 18.8. The van der Waals surface area contributed by atoms with Gasteiger partial charge in [0.2, 0.25) is 6.41 Å². The number of nitrogens with one attached hydrogen (secondary N) is 1. The van der Waals surface area contributed by atoms with Gasteiger partial charge in [0.1, 0.15) is 0 Å². The van der Waals surface area contributed by atoms with E-state index in [1.54, 1.807) is 0 Å². The molecule has 1 aromatic rings. The van der Waals surface area contributed by atoms with Crippen LogP contribution in [0.5, 0.6) is 0 Å². The highest BCUT2D eigenvalue weighted by atomic mass is 16.5. The highest BCUT2D eigenvalue weighted by Crippen LogP contribution is 2.66. The van der Waals surface area contributed by atoms with Crippen molar-refractivity contribution in [2.75, 3.05) is 25.6 Å². The molecule has 5 rings (SSSR count). The van der Waals surface area contributed by atoms with Gasteiger partial charge < -0.3 is 19.7 Å². The van der Waals surface area contributed by atoms with E-state index >= 15 is 0 Å². The summed E-state index contributed by atoms with van der Waals surface area (Å²) in [6.45, 7) is 3.07. The molecule has 142 valence electrons. The lowest BCUT2D eigenvalue weighted by molar-refractivity contribution is -0.172. The van der Waals surface area contributed by atoms with Crippen molar-refractivity contribution in [3.05, 3.63) is 41.5 Å². The van der Waals surface area contributed by atoms with Gasteiger partial charge in [-0.1, -0.05) is 29.8 Å². The summed E-state index contributed by atoms with van der Waals surface area (Å²) >= 11 is 0. The molecule has 3 heterocycles. The normalized spacial score (nSPS) is 40.0. The molecule has 1 aromatic carbocycles. The third-order valence-corrected chi connectivity index (χ3v) is 7.30. The molecule has 0 radical (unpaired) electrons. The zero-order valence-electron chi connectivity index (χ0n) is 15.6. The lowest BCUT2D eigenvalue weighted by Gasteiger charge is -2.59. The Balaban J connectivity index is 1.80. The van der Waals surface area contributed by atoms with Crippen LogP contribution in [0.25, 0.3) is 0 Å². The molecule has 6 heteroatoms. The standard InChI is InChI=1S/C21H24N2O4/c1-3-13-11-23(12-24)17-10-14(13)18(19(25)26-2)20-8-9-27-21(17,20)22-16-7-5-4-6-15(16)20/h3-7,12,14,17-18,22H,8-11H2,1-2H3/b13-3-/t14?,17?,18-,20-,21-/m0/s1. The number of hydrogen-bond donors (Lipinski definition) is 1. The highest BCUT2D eigenvalue weighted by Gasteiger charge is 2.76. The minimum absolute atomic E-state index is 0.0476. The number of nitrogens with zero attached hydrogens (tertiary/aromatic N) is 1. The Kier molecular flexibility index (Phi) is 3.47. The molecule has 27 heavy (non-hydrogen) atoms. The van der Waals surface area contributed by atoms with Crippen LogP contribution in [0.3, 0.4) is 0 Å². The molecule has 1 saturated carbocycles. The van der Waals surface area contributed by atoms with Crippen molar-refractivity contribution >= 4 is 18.1 Å². The predicted molar refractivity (Wildman–Crippen MR) is 99.0 cm³/mol. The van der Waals surface area contributed by atoms with Gasteiger partial charge in [-0.3, -0.25) is 9.59 Å². The van der Waals surface area contributed by atoms with Gasteiger partial charge in [0, 0.05) is 12.2 Å². The molecule has 0 spiro atoms. The Labute approximate surface area is 158 Å². The van der Waals surface area contributed by atoms with E-state index in [1.807, 2.05) is 30.0 Å². The number of esters is 1. The van der Waals surface area contributed by atoms with Gasteiger partial charge in [0.05, 0.1) is 31.1 Å². The monoisotopic (exact) mass is 368 g/mol. The summed E-state index contributed by atoms with van der Waals surface area (Å²) in [7, 11) is 1.46. The van der Waals surface area contributed by atoms with E-state index in [4.69, 9.17) is 9.47 Å². The molecule has 2 unspecified atom stereocenters. The second-order valence-electron chi connectivity index (χ2n) is 7.98. The smallest absolute Gasteiger partial charge is 0.310 e. The second kappa shape index (κ2) is 5.58. The van der Waals surface area contributed by atoms with Crippen LogP contribution in [-0.2, 0) is 24.5 Å². The molecule has 2 bridgehead atoms. The van der Waals surface area contributed by atoms with E-state index in [0.29, 0.717) is 19.6 Å². The van der Waals surface area contributed by atoms with Crippen LogP contribution in [-0.4, -0.2) is 49.3 Å². The zero-order valence-corrected chi connectivity index (χ0v) is 15.6. The fourth-order valence-corrected chi connectivity index (χ4v) is 6.35. The molecule has 6 nitrogen and oxygen atoms in total. The van der Waals surface area contributed by atoms with Crippen molar-refractivity contribution < 1.29 is 19.1 Å². The number of allylic oxidation sites excluding steroid dienone is 1. The lowest BCUT2D eigenvalue weighted by Crippen LogP contribution is -2.73.